The Morgan fingerprint density at radius 1 is 1.42 bits per heavy atom. The van der Waals surface area contributed by atoms with Gasteiger partial charge < -0.3 is 14.8 Å². The first-order chi connectivity index (χ1) is 12.6. The van der Waals surface area contributed by atoms with E-state index in [4.69, 9.17) is 9.47 Å². The molecule has 2 aromatic rings. The number of anilines is 1. The number of carbonyl (C=O) groups is 1. The van der Waals surface area contributed by atoms with Crippen LogP contribution in [0.5, 0.6) is 5.75 Å². The van der Waals surface area contributed by atoms with Crippen LogP contribution >= 0.6 is 15.9 Å². The summed E-state index contributed by atoms with van der Waals surface area (Å²) in [6.07, 6.45) is 3.39. The largest absolute Gasteiger partial charge is 0.489 e. The zero-order chi connectivity index (χ0) is 18.5. The Hall–Kier alpha value is -1.86. The maximum Gasteiger partial charge on any atom is 0.277 e. The van der Waals surface area contributed by atoms with Crippen LogP contribution in [0.25, 0.3) is 0 Å². The second-order valence-electron chi connectivity index (χ2n) is 6.70. The molecule has 1 saturated heterocycles. The quantitative estimate of drug-likeness (QED) is 0.719. The molecule has 1 aliphatic heterocycles. The number of carbonyl (C=O) groups excluding carboxylic acids is 1. The summed E-state index contributed by atoms with van der Waals surface area (Å²) in [5.74, 6) is 0.584. The third-order valence-corrected chi connectivity index (χ3v) is 5.16. The Kier molecular flexibility index (Phi) is 6.32. The van der Waals surface area contributed by atoms with Crippen molar-refractivity contribution in [3.05, 3.63) is 40.1 Å². The van der Waals surface area contributed by atoms with Gasteiger partial charge in [0.25, 0.3) is 5.91 Å². The number of halogens is 1. The lowest BCUT2D eigenvalue weighted by atomic mass is 10.1. The second kappa shape index (κ2) is 8.68. The fraction of sp³-hybridized carbons (Fsp3) is 0.474. The van der Waals surface area contributed by atoms with E-state index in [9.17, 15) is 4.79 Å². The minimum atomic E-state index is -0.287. The van der Waals surface area contributed by atoms with Crippen molar-refractivity contribution >= 4 is 27.5 Å². The molecule has 1 aromatic carbocycles. The lowest BCUT2D eigenvalue weighted by Crippen LogP contribution is -2.26. The van der Waals surface area contributed by atoms with E-state index < -0.39 is 0 Å². The van der Waals surface area contributed by atoms with Crippen LogP contribution in [-0.2, 0) is 4.74 Å². The average Bonchev–Trinajstić information content (AvgIpc) is 3.03. The van der Waals surface area contributed by atoms with Gasteiger partial charge in [0.1, 0.15) is 12.4 Å². The van der Waals surface area contributed by atoms with Crippen molar-refractivity contribution in [2.24, 2.45) is 0 Å². The molecule has 6 nitrogen and oxygen atoms in total. The van der Waals surface area contributed by atoms with Crippen LogP contribution in [0.3, 0.4) is 0 Å². The number of rotatable bonds is 6. The van der Waals surface area contributed by atoms with E-state index in [0.717, 1.165) is 31.6 Å². The molecule has 1 fully saturated rings. The zero-order valence-electron chi connectivity index (χ0n) is 15.0. The molecule has 1 amide bonds. The predicted octanol–water partition coefficient (Wildman–Crippen LogP) is 4.50. The van der Waals surface area contributed by atoms with Crippen LogP contribution < -0.4 is 10.1 Å². The average molecular weight is 422 g/mol. The molecule has 3 rings (SSSR count). The van der Waals surface area contributed by atoms with Crippen LogP contribution in [0, 0.1) is 0 Å². The topological polar surface area (TPSA) is 76.2 Å². The van der Waals surface area contributed by atoms with Gasteiger partial charge in [0.05, 0.1) is 22.0 Å². The Morgan fingerprint density at radius 3 is 2.92 bits per heavy atom. The van der Waals surface area contributed by atoms with Gasteiger partial charge >= 0.3 is 0 Å². The summed E-state index contributed by atoms with van der Waals surface area (Å²) >= 11 is 3.46. The number of amides is 1. The van der Waals surface area contributed by atoms with Crippen molar-refractivity contribution < 1.29 is 14.3 Å². The molecule has 0 radical (unpaired) electrons. The Labute approximate surface area is 161 Å². The Balaban J connectivity index is 1.68. The number of benzene rings is 1. The van der Waals surface area contributed by atoms with Gasteiger partial charge in [-0.3, -0.25) is 9.89 Å². The number of H-pyrrole nitrogens is 1. The monoisotopic (exact) mass is 421 g/mol. The number of ether oxygens (including phenoxy) is 2. The van der Waals surface area contributed by atoms with Gasteiger partial charge in [0, 0.05) is 6.61 Å². The minimum absolute atomic E-state index is 0.113. The highest BCUT2D eigenvalue weighted by Crippen LogP contribution is 2.29. The first-order valence-corrected chi connectivity index (χ1v) is 9.74. The van der Waals surface area contributed by atoms with Gasteiger partial charge in [-0.2, -0.15) is 5.10 Å². The number of para-hydroxylation sites is 2. The Bertz CT molecular complexity index is 754. The maximum atomic E-state index is 12.6. The lowest BCUT2D eigenvalue weighted by Gasteiger charge is -2.23. The third kappa shape index (κ3) is 4.45. The summed E-state index contributed by atoms with van der Waals surface area (Å²) in [6.45, 7) is 5.35. The highest BCUT2D eigenvalue weighted by molar-refractivity contribution is 9.10. The SMILES string of the molecule is CC(C)c1[nH]nc(C(=O)Nc2ccccc2OCC2CCCCO2)c1Br. The highest BCUT2D eigenvalue weighted by atomic mass is 79.9. The summed E-state index contributed by atoms with van der Waals surface area (Å²) in [5, 5.41) is 9.95. The molecule has 1 atom stereocenters. The van der Waals surface area contributed by atoms with E-state index in [0.29, 0.717) is 28.2 Å². The van der Waals surface area contributed by atoms with Crippen LogP contribution in [0.4, 0.5) is 5.69 Å². The summed E-state index contributed by atoms with van der Waals surface area (Å²) in [5.41, 5.74) is 1.85. The van der Waals surface area contributed by atoms with Gasteiger partial charge in [-0.05, 0) is 53.2 Å². The molecule has 0 bridgehead atoms. The number of nitrogens with one attached hydrogen (secondary N) is 2. The standard InChI is InChI=1S/C19H24BrN3O3/c1-12(2)17-16(20)18(23-22-17)19(24)21-14-8-3-4-9-15(14)26-11-13-7-5-6-10-25-13/h3-4,8-9,12-13H,5-7,10-11H2,1-2H3,(H,21,24)(H,22,23). The molecule has 1 aliphatic rings. The first-order valence-electron chi connectivity index (χ1n) is 8.94. The molecule has 7 heteroatoms. The molecule has 0 aliphatic carbocycles. The second-order valence-corrected chi connectivity index (χ2v) is 7.50. The third-order valence-electron chi connectivity index (χ3n) is 4.36. The lowest BCUT2D eigenvalue weighted by molar-refractivity contribution is -0.0109. The van der Waals surface area contributed by atoms with Gasteiger partial charge in [-0.25, -0.2) is 0 Å². The summed E-state index contributed by atoms with van der Waals surface area (Å²) in [7, 11) is 0. The number of aromatic nitrogens is 2. The predicted molar refractivity (Wildman–Crippen MR) is 104 cm³/mol. The van der Waals surface area contributed by atoms with Crippen molar-refractivity contribution in [2.75, 3.05) is 18.5 Å². The van der Waals surface area contributed by atoms with E-state index in [2.05, 4.69) is 31.4 Å². The molecule has 0 spiro atoms. The molecule has 1 unspecified atom stereocenters. The van der Waals surface area contributed by atoms with Crippen molar-refractivity contribution in [1.29, 1.82) is 0 Å². The van der Waals surface area contributed by atoms with Crippen LogP contribution in [0.15, 0.2) is 28.7 Å². The zero-order valence-corrected chi connectivity index (χ0v) is 16.6. The summed E-state index contributed by atoms with van der Waals surface area (Å²) in [6, 6.07) is 7.41. The first kappa shape index (κ1) is 18.9. The maximum absolute atomic E-state index is 12.6. The van der Waals surface area contributed by atoms with Crippen molar-refractivity contribution in [3.63, 3.8) is 0 Å². The summed E-state index contributed by atoms with van der Waals surface area (Å²) in [4.78, 5) is 12.6. The van der Waals surface area contributed by atoms with Crippen molar-refractivity contribution in [2.45, 2.75) is 45.1 Å². The number of nitrogens with zero attached hydrogens (tertiary/aromatic N) is 1. The van der Waals surface area contributed by atoms with Crippen LogP contribution in [-0.4, -0.2) is 35.4 Å². The van der Waals surface area contributed by atoms with Gasteiger partial charge in [-0.15, -0.1) is 0 Å². The molecule has 0 saturated carbocycles. The molecule has 2 heterocycles. The molecule has 140 valence electrons. The number of hydrogen-bond acceptors (Lipinski definition) is 4. The molecular weight excluding hydrogens is 398 g/mol. The van der Waals surface area contributed by atoms with Crippen LogP contribution in [0.1, 0.15) is 55.2 Å². The van der Waals surface area contributed by atoms with Gasteiger partial charge in [0.15, 0.2) is 5.69 Å². The normalized spacial score (nSPS) is 17.3. The molecule has 2 N–H and O–H groups in total. The van der Waals surface area contributed by atoms with E-state index >= 15 is 0 Å². The molecule has 26 heavy (non-hydrogen) atoms. The highest BCUT2D eigenvalue weighted by Gasteiger charge is 2.21. The number of aromatic amines is 1. The van der Waals surface area contributed by atoms with E-state index in [-0.39, 0.29) is 17.9 Å². The van der Waals surface area contributed by atoms with E-state index in [1.54, 1.807) is 0 Å². The van der Waals surface area contributed by atoms with E-state index in [1.165, 1.54) is 0 Å². The molecular formula is C19H24BrN3O3. The fourth-order valence-electron chi connectivity index (χ4n) is 2.87. The van der Waals surface area contributed by atoms with Crippen LogP contribution in [0.2, 0.25) is 0 Å². The van der Waals surface area contributed by atoms with Crippen molar-refractivity contribution in [3.8, 4) is 5.75 Å². The smallest absolute Gasteiger partial charge is 0.277 e. The Morgan fingerprint density at radius 2 is 2.23 bits per heavy atom. The van der Waals surface area contributed by atoms with E-state index in [1.807, 2.05) is 38.1 Å². The minimum Gasteiger partial charge on any atom is -0.489 e. The fourth-order valence-corrected chi connectivity index (χ4v) is 3.69. The summed E-state index contributed by atoms with van der Waals surface area (Å²) < 4.78 is 12.3. The van der Waals surface area contributed by atoms with Gasteiger partial charge in [0.2, 0.25) is 0 Å². The number of hydrogen-bond donors (Lipinski definition) is 2. The van der Waals surface area contributed by atoms with Crippen molar-refractivity contribution in [1.82, 2.24) is 10.2 Å². The molecule has 1 aromatic heterocycles. The van der Waals surface area contributed by atoms with Gasteiger partial charge in [-0.1, -0.05) is 26.0 Å².